The van der Waals surface area contributed by atoms with Gasteiger partial charge in [0.25, 0.3) is 5.91 Å². The van der Waals surface area contributed by atoms with Gasteiger partial charge in [-0.05, 0) is 24.7 Å². The first-order valence-electron chi connectivity index (χ1n) is 13.5. The number of nitrogens with zero attached hydrogens (tertiary/aromatic N) is 3. The molecule has 0 saturated heterocycles. The van der Waals surface area contributed by atoms with Crippen LogP contribution >= 0.6 is 0 Å². The predicted octanol–water partition coefficient (Wildman–Crippen LogP) is 3.82. The summed E-state index contributed by atoms with van der Waals surface area (Å²) >= 11 is 0. The molecule has 0 bridgehead atoms. The van der Waals surface area contributed by atoms with Crippen LogP contribution in [0.3, 0.4) is 0 Å². The number of carbonyl (C=O) groups excluding carboxylic acids is 2. The van der Waals surface area contributed by atoms with E-state index < -0.39 is 23.7 Å². The van der Waals surface area contributed by atoms with Crippen molar-refractivity contribution in [1.29, 1.82) is 0 Å². The van der Waals surface area contributed by atoms with E-state index in [0.717, 1.165) is 6.54 Å². The number of rotatable bonds is 10. The molecule has 0 spiro atoms. The smallest absolute Gasteiger partial charge is 0.261 e. The molecule has 11 heteroatoms. The maximum Gasteiger partial charge on any atom is 0.261 e. The molecule has 216 valence electrons. The fourth-order valence-corrected chi connectivity index (χ4v) is 4.81. The average molecular weight is 573 g/mol. The first-order chi connectivity index (χ1) is 20.4. The molecule has 0 aliphatic carbocycles. The topological polar surface area (TPSA) is 124 Å². The Morgan fingerprint density at radius 2 is 1.86 bits per heavy atom. The van der Waals surface area contributed by atoms with Gasteiger partial charge in [0.15, 0.2) is 12.5 Å². The van der Waals surface area contributed by atoms with Crippen LogP contribution in [0.5, 0.6) is 5.88 Å². The number of hydrogen-bond acceptors (Lipinski definition) is 7. The fraction of sp³-hybridized carbons (Fsp3) is 0.226. The Hall–Kier alpha value is -4.90. The summed E-state index contributed by atoms with van der Waals surface area (Å²) in [5.74, 6) is -1.69. The minimum atomic E-state index is -1.40. The highest BCUT2D eigenvalue weighted by molar-refractivity contribution is 6.16. The number of aromatic nitrogens is 2. The van der Waals surface area contributed by atoms with Crippen molar-refractivity contribution in [3.63, 3.8) is 0 Å². The van der Waals surface area contributed by atoms with Crippen LogP contribution in [0.4, 0.5) is 14.5 Å². The zero-order chi connectivity index (χ0) is 29.6. The van der Waals surface area contributed by atoms with Gasteiger partial charge in [0.1, 0.15) is 22.9 Å². The van der Waals surface area contributed by atoms with E-state index in [0.29, 0.717) is 31.5 Å². The number of ether oxygens (including phenoxy) is 1. The molecule has 1 amide bonds. The fourth-order valence-electron chi connectivity index (χ4n) is 4.81. The molecular formula is C31H30F2N6O3. The summed E-state index contributed by atoms with van der Waals surface area (Å²) in [6, 6.07) is 19.0. The van der Waals surface area contributed by atoms with Crippen molar-refractivity contribution in [3.05, 3.63) is 101 Å². The van der Waals surface area contributed by atoms with Crippen molar-refractivity contribution in [2.75, 3.05) is 25.4 Å². The van der Waals surface area contributed by atoms with Gasteiger partial charge < -0.3 is 21.1 Å². The molecule has 1 aromatic heterocycles. The van der Waals surface area contributed by atoms with Crippen molar-refractivity contribution in [2.45, 2.75) is 19.6 Å². The molecule has 1 aliphatic heterocycles. The molecule has 42 heavy (non-hydrogen) atoms. The van der Waals surface area contributed by atoms with Crippen LogP contribution in [0, 0.1) is 17.6 Å². The van der Waals surface area contributed by atoms with E-state index in [9.17, 15) is 18.4 Å². The second-order valence-corrected chi connectivity index (χ2v) is 9.77. The quantitative estimate of drug-likeness (QED) is 0.151. The van der Waals surface area contributed by atoms with E-state index in [1.54, 1.807) is 47.1 Å². The average Bonchev–Trinajstić information content (AvgIpc) is 3.39. The first kappa shape index (κ1) is 28.6. The predicted molar refractivity (Wildman–Crippen MR) is 155 cm³/mol. The number of amides is 1. The Balaban J connectivity index is 1.54. The van der Waals surface area contributed by atoms with Crippen LogP contribution < -0.4 is 21.1 Å². The lowest BCUT2D eigenvalue weighted by molar-refractivity contribution is -0.109. The summed E-state index contributed by atoms with van der Waals surface area (Å²) in [5.41, 5.74) is 7.08. The Bertz CT molecular complexity index is 1620. The lowest BCUT2D eigenvalue weighted by atomic mass is 10.0. The van der Waals surface area contributed by atoms with Crippen molar-refractivity contribution >= 4 is 23.6 Å². The highest BCUT2D eigenvalue weighted by atomic mass is 19.1. The van der Waals surface area contributed by atoms with Gasteiger partial charge in [0.2, 0.25) is 5.88 Å². The number of aliphatic imine (C=N–C) groups is 1. The Morgan fingerprint density at radius 3 is 2.60 bits per heavy atom. The number of carbonyl (C=O) groups is 2. The number of nitrogens with two attached hydrogens (primary N) is 1. The number of halogens is 2. The van der Waals surface area contributed by atoms with Crippen LogP contribution in [0.1, 0.15) is 28.4 Å². The molecule has 4 aromatic rings. The molecule has 1 aliphatic rings. The maximum atomic E-state index is 14.9. The third-order valence-electron chi connectivity index (χ3n) is 6.86. The van der Waals surface area contributed by atoms with E-state index >= 15 is 0 Å². The van der Waals surface area contributed by atoms with Gasteiger partial charge in [-0.3, -0.25) is 14.6 Å². The maximum absolute atomic E-state index is 14.9. The van der Waals surface area contributed by atoms with Crippen LogP contribution in [0.2, 0.25) is 0 Å². The van der Waals surface area contributed by atoms with Crippen molar-refractivity contribution in [2.24, 2.45) is 10.9 Å². The molecule has 3 aromatic carbocycles. The number of nitrogen functional groups attached to an aromatic ring is 1. The first-order valence-corrected chi connectivity index (χ1v) is 13.5. The van der Waals surface area contributed by atoms with Gasteiger partial charge in [0.05, 0.1) is 24.6 Å². The summed E-state index contributed by atoms with van der Waals surface area (Å²) in [7, 11) is 0. The van der Waals surface area contributed by atoms with Gasteiger partial charge in [-0.25, -0.2) is 13.5 Å². The van der Waals surface area contributed by atoms with E-state index in [2.05, 4.69) is 20.7 Å². The third-order valence-corrected chi connectivity index (χ3v) is 6.86. The Kier molecular flexibility index (Phi) is 8.68. The molecule has 0 radical (unpaired) electrons. The monoisotopic (exact) mass is 572 g/mol. The van der Waals surface area contributed by atoms with E-state index in [-0.39, 0.29) is 45.6 Å². The molecule has 5 rings (SSSR count). The summed E-state index contributed by atoms with van der Waals surface area (Å²) in [5, 5.41) is 10.4. The van der Waals surface area contributed by atoms with E-state index in [1.807, 2.05) is 6.92 Å². The van der Waals surface area contributed by atoms with Crippen molar-refractivity contribution in [3.8, 4) is 17.1 Å². The number of hydrogen-bond donors (Lipinski definition) is 3. The second-order valence-electron chi connectivity index (χ2n) is 9.77. The van der Waals surface area contributed by atoms with Gasteiger partial charge >= 0.3 is 0 Å². The number of fused-ring (bicyclic) bond motifs is 1. The second kappa shape index (κ2) is 12.7. The number of benzene rings is 3. The third kappa shape index (κ3) is 5.91. The van der Waals surface area contributed by atoms with Crippen molar-refractivity contribution < 1.29 is 23.1 Å². The molecule has 0 saturated carbocycles. The molecule has 2 heterocycles. The van der Waals surface area contributed by atoms with Gasteiger partial charge in [-0.15, -0.1) is 0 Å². The summed E-state index contributed by atoms with van der Waals surface area (Å²) < 4.78 is 36.8. The van der Waals surface area contributed by atoms with Crippen LogP contribution in [0.25, 0.3) is 11.3 Å². The number of para-hydroxylation sites is 1. The highest BCUT2D eigenvalue weighted by Gasteiger charge is 2.33. The molecule has 1 unspecified atom stereocenters. The van der Waals surface area contributed by atoms with Crippen LogP contribution in [-0.2, 0) is 11.3 Å². The molecular weight excluding hydrogens is 542 g/mol. The lowest BCUT2D eigenvalue weighted by Gasteiger charge is -2.24. The van der Waals surface area contributed by atoms with Crippen molar-refractivity contribution in [1.82, 2.24) is 20.4 Å². The van der Waals surface area contributed by atoms with Gasteiger partial charge in [-0.2, -0.15) is 5.10 Å². The standard InChI is InChI=1S/C31H30F2N6O3/c1-2-35-15-19-16-39-31(42-18-19)26(29(38-39)21-11-6-7-13-23(21)32)30(41)37-25(17-40)36-28(20-9-4-3-5-10-20)22-12-8-14-24(33)27(22)34/h3-14,17,19,25,35H,2,15-16,18,34H2,1H3,(H,37,41)/t19?,25-/m1/s1. The largest absolute Gasteiger partial charge is 0.477 e. The number of aldehydes is 1. The number of nitrogens with one attached hydrogen (secondary N) is 2. The summed E-state index contributed by atoms with van der Waals surface area (Å²) in [6.45, 7) is 4.24. The molecule has 0 fully saturated rings. The summed E-state index contributed by atoms with van der Waals surface area (Å²) in [6.07, 6.45) is -0.952. The Morgan fingerprint density at radius 1 is 1.12 bits per heavy atom. The van der Waals surface area contributed by atoms with Crippen LogP contribution in [-0.4, -0.2) is 53.5 Å². The Labute approximate surface area is 241 Å². The number of anilines is 1. The zero-order valence-corrected chi connectivity index (χ0v) is 22.9. The molecule has 4 N–H and O–H groups in total. The normalized spacial score (nSPS) is 15.4. The minimum absolute atomic E-state index is 0.0180. The SMILES string of the molecule is CCNCC1COc2c(C(=O)N[C@H](C=O)N=C(c3ccccc3)c3cccc(F)c3N)c(-c3ccccc3F)nn2C1. The van der Waals surface area contributed by atoms with Crippen LogP contribution in [0.15, 0.2) is 77.8 Å². The summed E-state index contributed by atoms with van der Waals surface area (Å²) in [4.78, 5) is 30.5. The highest BCUT2D eigenvalue weighted by Crippen LogP contribution is 2.35. The van der Waals surface area contributed by atoms with Gasteiger partial charge in [0, 0.05) is 29.2 Å². The van der Waals surface area contributed by atoms with E-state index in [1.165, 1.54) is 30.3 Å². The lowest BCUT2D eigenvalue weighted by Crippen LogP contribution is -2.37. The van der Waals surface area contributed by atoms with Gasteiger partial charge in [-0.1, -0.05) is 61.5 Å². The molecule has 2 atom stereocenters. The molecule has 9 nitrogen and oxygen atoms in total. The van der Waals surface area contributed by atoms with E-state index in [4.69, 9.17) is 10.5 Å². The minimum Gasteiger partial charge on any atom is -0.477 e. The zero-order valence-electron chi connectivity index (χ0n) is 22.9.